The van der Waals surface area contributed by atoms with Gasteiger partial charge in [0.1, 0.15) is 0 Å². The number of benzene rings is 8. The van der Waals surface area contributed by atoms with Crippen LogP contribution in [0.3, 0.4) is 0 Å². The van der Waals surface area contributed by atoms with E-state index in [1.807, 2.05) is 17.3 Å². The number of fused-ring (bicyclic) bond motifs is 2. The van der Waals surface area contributed by atoms with E-state index in [4.69, 9.17) is 0 Å². The Morgan fingerprint density at radius 1 is 0.333 bits per heavy atom. The van der Waals surface area contributed by atoms with Gasteiger partial charge in [0.15, 0.2) is 0 Å². The van der Waals surface area contributed by atoms with E-state index in [0.717, 1.165) is 0 Å². The quantitative estimate of drug-likeness (QED) is 0.0946. The molecule has 0 fully saturated rings. The SMILES string of the molecule is Cc1cc(P(c2cc(C)c(N(C)C)c(C)c2)c2ccc3ccccc3c2-c2c(P(c3cc(C)c(N(C)C)c(C)c3)c3cc(C)c(N(C)C)c(C)c3)ccc3ccccc23)cc(C)c1N(C)C.[Cl-].[Cl][Ru+]. The topological polar surface area (TPSA) is 13.0 Å². The van der Waals surface area contributed by atoms with Gasteiger partial charge in [0.2, 0.25) is 0 Å². The third-order valence-corrected chi connectivity index (χ3v) is 18.1. The van der Waals surface area contributed by atoms with Gasteiger partial charge in [0.05, 0.1) is 0 Å². The van der Waals surface area contributed by atoms with Crippen molar-refractivity contribution in [2.24, 2.45) is 0 Å². The van der Waals surface area contributed by atoms with Crippen LogP contribution in [0, 0.1) is 55.4 Å². The van der Waals surface area contributed by atoms with Crippen LogP contribution < -0.4 is 63.8 Å². The fourth-order valence-electron chi connectivity index (χ4n) is 11.3. The summed E-state index contributed by atoms with van der Waals surface area (Å²) in [7, 11) is 19.8. The standard InChI is InChI=1S/C60H68N4P2.2ClH.Ru/c1-37-29-47(30-38(2)57(37)61(9)10)65(48-31-39(3)58(62(11)12)40(4)32-48)53-27-25-45-21-17-19-23-51(45)55(53)56-52-24-20-18-22-46(52)26-28-54(56)66(49-33-41(5)59(63(13)14)42(6)34-49)50-35-43(7)60(64(15)16)44(8)36-50;;;/h17-36H,1-16H3;2*1H;/q;;;+2/p-2. The van der Waals surface area contributed by atoms with Crippen molar-refractivity contribution in [3.63, 3.8) is 0 Å². The summed E-state index contributed by atoms with van der Waals surface area (Å²) in [5, 5.41) is 13.3. The molecule has 0 saturated carbocycles. The maximum absolute atomic E-state index is 4.57. The van der Waals surface area contributed by atoms with Crippen LogP contribution in [0.25, 0.3) is 32.7 Å². The van der Waals surface area contributed by atoms with Crippen LogP contribution in [-0.4, -0.2) is 56.4 Å². The Bertz CT molecular complexity index is 2750. The molecule has 0 saturated heterocycles. The van der Waals surface area contributed by atoms with Crippen LogP contribution in [0.5, 0.6) is 0 Å². The minimum absolute atomic E-state index is 0. The van der Waals surface area contributed by atoms with E-state index in [2.05, 4.69) is 262 Å². The van der Waals surface area contributed by atoms with Crippen molar-refractivity contribution in [3.8, 4) is 11.1 Å². The molecule has 8 rings (SSSR count). The Hall–Kier alpha value is -4.46. The molecule has 8 aromatic rings. The van der Waals surface area contributed by atoms with Crippen molar-refractivity contribution in [2.75, 3.05) is 76.0 Å². The zero-order valence-corrected chi connectivity index (χ0v) is 48.4. The van der Waals surface area contributed by atoms with Gasteiger partial charge in [-0.15, -0.1) is 0 Å². The molecule has 0 aliphatic heterocycles. The molecule has 4 nitrogen and oxygen atoms in total. The molecule has 0 unspecified atom stereocenters. The molecule has 9 heteroatoms. The van der Waals surface area contributed by atoms with Crippen molar-refractivity contribution in [1.82, 2.24) is 0 Å². The van der Waals surface area contributed by atoms with Gasteiger partial charge in [-0.05, 0) is 229 Å². The molecule has 0 bridgehead atoms. The average molecular weight is 1080 g/mol. The minimum atomic E-state index is -1.07. The zero-order chi connectivity index (χ0) is 49.5. The van der Waals surface area contributed by atoms with Crippen molar-refractivity contribution in [2.45, 2.75) is 55.4 Å². The van der Waals surface area contributed by atoms with Gasteiger partial charge in [0, 0.05) is 79.1 Å². The molecule has 360 valence electrons. The van der Waals surface area contributed by atoms with Crippen LogP contribution in [0.15, 0.2) is 121 Å². The molecule has 0 atom stereocenters. The summed E-state index contributed by atoms with van der Waals surface area (Å²) in [4.78, 5) is 9.08. The predicted octanol–water partition coefficient (Wildman–Crippen LogP) is 9.60. The number of halogens is 2. The number of anilines is 4. The summed E-state index contributed by atoms with van der Waals surface area (Å²) in [6.07, 6.45) is 0. The summed E-state index contributed by atoms with van der Waals surface area (Å²) in [5.74, 6) is 0. The number of hydrogen-bond acceptors (Lipinski definition) is 4. The van der Waals surface area contributed by atoms with E-state index in [1.165, 1.54) is 132 Å². The molecule has 0 amide bonds. The van der Waals surface area contributed by atoms with Gasteiger partial charge < -0.3 is 32.0 Å². The first-order valence-corrected chi connectivity index (χ1v) is 28.2. The Kier molecular flexibility index (Phi) is 17.4. The Labute approximate surface area is 436 Å². The Morgan fingerprint density at radius 3 is 0.768 bits per heavy atom. The molecule has 69 heavy (non-hydrogen) atoms. The van der Waals surface area contributed by atoms with Crippen molar-refractivity contribution in [3.05, 3.63) is 166 Å². The summed E-state index contributed by atoms with van der Waals surface area (Å²) >= 11 is 1.82. The molecule has 0 aliphatic carbocycles. The molecular formula is C60H68Cl2N4P2Ru. The first kappa shape index (κ1) is 53.9. The summed E-state index contributed by atoms with van der Waals surface area (Å²) in [6, 6.07) is 47.9. The van der Waals surface area contributed by atoms with E-state index in [1.54, 1.807) is 0 Å². The van der Waals surface area contributed by atoms with Crippen LogP contribution in [0.2, 0.25) is 0 Å². The summed E-state index contributed by atoms with van der Waals surface area (Å²) < 4.78 is 0. The number of hydrogen-bond donors (Lipinski definition) is 0. The number of nitrogens with zero attached hydrogens (tertiary/aromatic N) is 4. The zero-order valence-electron chi connectivity index (χ0n) is 43.3. The van der Waals surface area contributed by atoms with E-state index in [0.29, 0.717) is 0 Å². The van der Waals surface area contributed by atoms with E-state index in [-0.39, 0.29) is 12.4 Å². The average Bonchev–Trinajstić information content (AvgIpc) is 3.26. The third-order valence-electron chi connectivity index (χ3n) is 13.3. The first-order chi connectivity index (χ1) is 32.4. The van der Waals surface area contributed by atoms with Crippen molar-refractivity contribution in [1.29, 1.82) is 0 Å². The summed E-state index contributed by atoms with van der Waals surface area (Å²) in [5.41, 5.74) is 18.3. The van der Waals surface area contributed by atoms with Crippen LogP contribution >= 0.6 is 25.5 Å². The second-order valence-electron chi connectivity index (χ2n) is 19.3. The van der Waals surface area contributed by atoms with Gasteiger partial charge >= 0.3 is 27.0 Å². The van der Waals surface area contributed by atoms with E-state index in [9.17, 15) is 0 Å². The maximum atomic E-state index is 4.57. The van der Waals surface area contributed by atoms with Gasteiger partial charge in [-0.1, -0.05) is 72.8 Å². The van der Waals surface area contributed by atoms with E-state index < -0.39 is 15.8 Å². The van der Waals surface area contributed by atoms with Gasteiger partial charge in [-0.2, -0.15) is 0 Å². The van der Waals surface area contributed by atoms with Crippen molar-refractivity contribution >= 4 is 102 Å². The van der Waals surface area contributed by atoms with Crippen LogP contribution in [0.1, 0.15) is 44.5 Å². The molecule has 0 aromatic heterocycles. The van der Waals surface area contributed by atoms with E-state index >= 15 is 0 Å². The van der Waals surface area contributed by atoms with Gasteiger partial charge in [-0.3, -0.25) is 0 Å². The number of aryl methyl sites for hydroxylation is 8. The van der Waals surface area contributed by atoms with Crippen LogP contribution in [-0.2, 0) is 17.3 Å². The fourth-order valence-corrected chi connectivity index (χ4v) is 17.0. The second kappa shape index (κ2) is 22.3. The molecule has 0 spiro atoms. The Balaban J connectivity index is 0.00000257. The molecule has 8 aromatic carbocycles. The monoisotopic (exact) mass is 1080 g/mol. The second-order valence-corrected chi connectivity index (χ2v) is 23.7. The molecule has 0 aliphatic rings. The predicted molar refractivity (Wildman–Crippen MR) is 305 cm³/mol. The molecule has 0 heterocycles. The number of rotatable bonds is 11. The van der Waals surface area contributed by atoms with Crippen LogP contribution in [0.4, 0.5) is 22.7 Å². The molecule has 0 N–H and O–H groups in total. The fraction of sp³-hybridized carbons (Fsp3) is 0.267. The molecular weight excluding hydrogens is 1010 g/mol. The summed E-state index contributed by atoms with van der Waals surface area (Å²) in [6.45, 7) is 18.3. The normalized spacial score (nSPS) is 11.2. The van der Waals surface area contributed by atoms with Crippen molar-refractivity contribution < 1.29 is 29.7 Å². The van der Waals surface area contributed by atoms with Gasteiger partial charge in [-0.25, -0.2) is 0 Å². The third kappa shape index (κ3) is 10.5. The first-order valence-electron chi connectivity index (χ1n) is 23.3. The Morgan fingerprint density at radius 2 is 0.551 bits per heavy atom. The van der Waals surface area contributed by atoms with Gasteiger partial charge in [0.25, 0.3) is 0 Å². The molecule has 0 radical (unpaired) electrons.